The third-order valence-corrected chi connectivity index (χ3v) is 4.94. The molecule has 1 atom stereocenters. The zero-order chi connectivity index (χ0) is 19.3. The molecule has 1 heterocycles. The van der Waals surface area contributed by atoms with Gasteiger partial charge in [-0.05, 0) is 62.4 Å². The van der Waals surface area contributed by atoms with Crippen LogP contribution in [0.5, 0.6) is 5.75 Å². The second-order valence-electron chi connectivity index (χ2n) is 7.53. The summed E-state index contributed by atoms with van der Waals surface area (Å²) in [7, 11) is 0. The second-order valence-corrected chi connectivity index (χ2v) is 7.53. The van der Waals surface area contributed by atoms with Gasteiger partial charge in [-0.2, -0.15) is 0 Å². The summed E-state index contributed by atoms with van der Waals surface area (Å²) in [6.45, 7) is 6.62. The lowest BCUT2D eigenvalue weighted by molar-refractivity contribution is 0.206. The molecule has 0 saturated carbocycles. The maximum atomic E-state index is 6.00. The highest BCUT2D eigenvalue weighted by atomic mass is 16.5. The maximum Gasteiger partial charge on any atom is 0.159 e. The molecular formula is C24H36N2O. The summed E-state index contributed by atoms with van der Waals surface area (Å²) in [6.07, 6.45) is 16.6. The Hall–Kier alpha value is -1.90. The summed E-state index contributed by atoms with van der Waals surface area (Å²) >= 11 is 0. The second kappa shape index (κ2) is 12.5. The third kappa shape index (κ3) is 8.11. The Morgan fingerprint density at radius 1 is 0.815 bits per heavy atom. The zero-order valence-corrected chi connectivity index (χ0v) is 17.4. The first-order valence-electron chi connectivity index (χ1n) is 10.8. The van der Waals surface area contributed by atoms with Crippen LogP contribution in [0.2, 0.25) is 0 Å². The molecule has 0 radical (unpaired) electrons. The molecule has 148 valence electrons. The van der Waals surface area contributed by atoms with Gasteiger partial charge in [-0.3, -0.25) is 0 Å². The maximum absolute atomic E-state index is 6.00. The Bertz CT molecular complexity index is 622. The van der Waals surface area contributed by atoms with Crippen molar-refractivity contribution in [1.29, 1.82) is 0 Å². The number of aromatic nitrogens is 2. The van der Waals surface area contributed by atoms with Crippen molar-refractivity contribution in [2.24, 2.45) is 0 Å². The van der Waals surface area contributed by atoms with E-state index in [9.17, 15) is 0 Å². The van der Waals surface area contributed by atoms with E-state index in [0.29, 0.717) is 0 Å². The van der Waals surface area contributed by atoms with E-state index in [0.717, 1.165) is 30.0 Å². The third-order valence-electron chi connectivity index (χ3n) is 4.94. The van der Waals surface area contributed by atoms with Gasteiger partial charge in [0.2, 0.25) is 0 Å². The standard InChI is InChI=1S/C24H36N2O/c1-4-6-8-9-11-13-21-18-25-24(26-19-21)22-14-16-23(17-15-22)27-20(3)12-10-7-5-2/h14-20H,4-13H2,1-3H3/t20-/m0/s1. The quantitative estimate of drug-likeness (QED) is 0.357. The summed E-state index contributed by atoms with van der Waals surface area (Å²) < 4.78 is 6.00. The average molecular weight is 369 g/mol. The Morgan fingerprint density at radius 3 is 2.11 bits per heavy atom. The Labute approximate surface area is 165 Å². The number of benzene rings is 1. The Balaban J connectivity index is 1.82. The van der Waals surface area contributed by atoms with Crippen LogP contribution in [0.25, 0.3) is 11.4 Å². The molecule has 0 aliphatic heterocycles. The minimum absolute atomic E-state index is 0.259. The van der Waals surface area contributed by atoms with Gasteiger partial charge >= 0.3 is 0 Å². The van der Waals surface area contributed by atoms with E-state index in [1.54, 1.807) is 0 Å². The smallest absolute Gasteiger partial charge is 0.159 e. The van der Waals surface area contributed by atoms with Crippen molar-refractivity contribution < 1.29 is 4.74 Å². The van der Waals surface area contributed by atoms with Gasteiger partial charge in [0.15, 0.2) is 5.82 Å². The zero-order valence-electron chi connectivity index (χ0n) is 17.4. The summed E-state index contributed by atoms with van der Waals surface area (Å²) in [5.41, 5.74) is 2.27. The number of rotatable bonds is 13. The van der Waals surface area contributed by atoms with E-state index in [-0.39, 0.29) is 6.10 Å². The highest BCUT2D eigenvalue weighted by molar-refractivity contribution is 5.55. The average Bonchev–Trinajstić information content (AvgIpc) is 2.69. The van der Waals surface area contributed by atoms with Crippen LogP contribution in [-0.2, 0) is 6.42 Å². The highest BCUT2D eigenvalue weighted by Gasteiger charge is 2.06. The van der Waals surface area contributed by atoms with Gasteiger partial charge in [0.25, 0.3) is 0 Å². The lowest BCUT2D eigenvalue weighted by Crippen LogP contribution is -2.11. The highest BCUT2D eigenvalue weighted by Crippen LogP contribution is 2.21. The Morgan fingerprint density at radius 2 is 1.44 bits per heavy atom. The molecule has 0 saturated heterocycles. The van der Waals surface area contributed by atoms with E-state index in [4.69, 9.17) is 4.74 Å². The van der Waals surface area contributed by atoms with Crippen molar-refractivity contribution in [3.63, 3.8) is 0 Å². The molecular weight excluding hydrogens is 332 g/mol. The minimum Gasteiger partial charge on any atom is -0.491 e. The number of unbranched alkanes of at least 4 members (excludes halogenated alkanes) is 6. The van der Waals surface area contributed by atoms with Crippen molar-refractivity contribution in [3.8, 4) is 17.1 Å². The van der Waals surface area contributed by atoms with Crippen molar-refractivity contribution in [2.75, 3.05) is 0 Å². The fourth-order valence-electron chi connectivity index (χ4n) is 3.22. The first-order valence-corrected chi connectivity index (χ1v) is 10.8. The monoisotopic (exact) mass is 368 g/mol. The first-order chi connectivity index (χ1) is 13.2. The predicted molar refractivity (Wildman–Crippen MR) is 114 cm³/mol. The van der Waals surface area contributed by atoms with Crippen LogP contribution in [-0.4, -0.2) is 16.1 Å². The summed E-state index contributed by atoms with van der Waals surface area (Å²) in [6, 6.07) is 8.15. The van der Waals surface area contributed by atoms with Gasteiger partial charge < -0.3 is 4.74 Å². The molecule has 0 fully saturated rings. The molecule has 2 rings (SSSR count). The van der Waals surface area contributed by atoms with Crippen LogP contribution in [0.3, 0.4) is 0 Å². The molecule has 0 unspecified atom stereocenters. The van der Waals surface area contributed by atoms with Crippen LogP contribution in [0.1, 0.15) is 84.1 Å². The van der Waals surface area contributed by atoms with Crippen molar-refractivity contribution in [2.45, 2.75) is 91.1 Å². The summed E-state index contributed by atoms with van der Waals surface area (Å²) in [5.74, 6) is 1.71. The van der Waals surface area contributed by atoms with E-state index in [2.05, 4.69) is 30.7 Å². The van der Waals surface area contributed by atoms with Crippen LogP contribution in [0, 0.1) is 0 Å². The van der Waals surface area contributed by atoms with Gasteiger partial charge in [0, 0.05) is 18.0 Å². The molecule has 3 heteroatoms. The molecule has 1 aromatic heterocycles. The number of nitrogens with zero attached hydrogens (tertiary/aromatic N) is 2. The summed E-state index contributed by atoms with van der Waals surface area (Å²) in [5, 5.41) is 0. The van der Waals surface area contributed by atoms with Gasteiger partial charge in [0.05, 0.1) is 6.10 Å². The van der Waals surface area contributed by atoms with Crippen LogP contribution < -0.4 is 4.74 Å². The molecule has 3 nitrogen and oxygen atoms in total. The van der Waals surface area contributed by atoms with E-state index in [1.165, 1.54) is 56.9 Å². The molecule has 0 N–H and O–H groups in total. The molecule has 0 aliphatic rings. The van der Waals surface area contributed by atoms with Crippen LogP contribution in [0.15, 0.2) is 36.7 Å². The Kier molecular flexibility index (Phi) is 9.89. The molecule has 2 aromatic rings. The lowest BCUT2D eigenvalue weighted by atomic mass is 10.1. The molecule has 0 amide bonds. The predicted octanol–water partition coefficient (Wildman–Crippen LogP) is 7.00. The number of hydrogen-bond acceptors (Lipinski definition) is 3. The fourth-order valence-corrected chi connectivity index (χ4v) is 3.22. The van der Waals surface area contributed by atoms with Gasteiger partial charge in [-0.15, -0.1) is 0 Å². The molecule has 27 heavy (non-hydrogen) atoms. The number of aryl methyl sites for hydroxylation is 1. The van der Waals surface area contributed by atoms with Gasteiger partial charge in [-0.25, -0.2) is 9.97 Å². The van der Waals surface area contributed by atoms with E-state index < -0.39 is 0 Å². The topological polar surface area (TPSA) is 35.0 Å². The van der Waals surface area contributed by atoms with Crippen LogP contribution >= 0.6 is 0 Å². The molecule has 0 bridgehead atoms. The first kappa shape index (κ1) is 21.4. The molecule has 0 spiro atoms. The number of ether oxygens (including phenoxy) is 1. The normalized spacial score (nSPS) is 12.1. The van der Waals surface area contributed by atoms with Crippen molar-refractivity contribution in [1.82, 2.24) is 9.97 Å². The largest absolute Gasteiger partial charge is 0.491 e. The lowest BCUT2D eigenvalue weighted by Gasteiger charge is -2.14. The summed E-state index contributed by atoms with van der Waals surface area (Å²) in [4.78, 5) is 9.11. The fraction of sp³-hybridized carbons (Fsp3) is 0.583. The molecule has 1 aromatic carbocycles. The van der Waals surface area contributed by atoms with Gasteiger partial charge in [0.1, 0.15) is 5.75 Å². The van der Waals surface area contributed by atoms with Crippen LogP contribution in [0.4, 0.5) is 0 Å². The van der Waals surface area contributed by atoms with E-state index in [1.807, 2.05) is 36.7 Å². The van der Waals surface area contributed by atoms with Gasteiger partial charge in [-0.1, -0.05) is 52.4 Å². The SMILES string of the molecule is CCCCCCCc1cnc(-c2ccc(O[C@@H](C)CCCCC)cc2)nc1. The van der Waals surface area contributed by atoms with Crippen molar-refractivity contribution in [3.05, 3.63) is 42.2 Å². The van der Waals surface area contributed by atoms with E-state index >= 15 is 0 Å². The molecule has 0 aliphatic carbocycles. The number of hydrogen-bond donors (Lipinski definition) is 0. The minimum atomic E-state index is 0.259. The van der Waals surface area contributed by atoms with Crippen molar-refractivity contribution >= 4 is 0 Å².